The number of hydrogen-bond acceptors (Lipinski definition) is 7. The number of phenolic OH excluding ortho intramolecular Hbond substituents is 1. The maximum absolute atomic E-state index is 15.1. The highest BCUT2D eigenvalue weighted by Crippen LogP contribution is 2.37. The molecule has 1 N–H and O–H groups in total. The first-order chi connectivity index (χ1) is 27.2. The van der Waals surface area contributed by atoms with Crippen LogP contribution in [-0.2, 0) is 43.0 Å². The van der Waals surface area contributed by atoms with Gasteiger partial charge < -0.3 is 28.6 Å². The summed E-state index contributed by atoms with van der Waals surface area (Å²) in [5, 5.41) is 11.5. The highest BCUT2D eigenvalue weighted by molar-refractivity contribution is 6.31. The number of pyridine rings is 1. The second-order valence-corrected chi connectivity index (χ2v) is 15.0. The lowest BCUT2D eigenvalue weighted by molar-refractivity contribution is 0.0193. The number of phenols is 1. The standard InChI is InChI=1S/C44H45ClN6O5/c1-47-16-14-30-23-34(26-46-42(30)47)51(33-9-11-36(52)12-10-33)44(54)39-25-41(48(2)40(39)15-19-55-3)38-24-32(45)8-13-37(38)43(53)50-27-31-7-5-4-6-29(31)22-35(50)28-49-17-20-56-21-18-49/h4-14,16,23-26,35,52H,15,17-22,27-28H2,1-3H3/t35-/m0/s1. The number of aryl methyl sites for hydroxylation is 1. The highest BCUT2D eigenvalue weighted by Gasteiger charge is 2.34. The number of hydrogen-bond donors (Lipinski definition) is 1. The van der Waals surface area contributed by atoms with Crippen LogP contribution in [0, 0.1) is 0 Å². The predicted octanol–water partition coefficient (Wildman–Crippen LogP) is 7.00. The summed E-state index contributed by atoms with van der Waals surface area (Å²) in [6.07, 6.45) is 4.80. The van der Waals surface area contributed by atoms with E-state index in [1.54, 1.807) is 54.6 Å². The van der Waals surface area contributed by atoms with E-state index in [4.69, 9.17) is 26.1 Å². The van der Waals surface area contributed by atoms with Crippen molar-refractivity contribution < 1.29 is 24.2 Å². The maximum atomic E-state index is 15.1. The van der Waals surface area contributed by atoms with E-state index in [1.807, 2.05) is 64.7 Å². The minimum atomic E-state index is -0.297. The number of anilines is 2. The van der Waals surface area contributed by atoms with Crippen molar-refractivity contribution in [2.24, 2.45) is 14.1 Å². The first kappa shape index (κ1) is 37.5. The topological polar surface area (TPSA) is 105 Å². The third kappa shape index (κ3) is 7.31. The molecule has 0 aliphatic carbocycles. The van der Waals surface area contributed by atoms with Crippen molar-refractivity contribution in [3.8, 4) is 17.0 Å². The molecule has 0 saturated carbocycles. The van der Waals surface area contributed by atoms with Gasteiger partial charge in [-0.05, 0) is 78.2 Å². The number of ether oxygens (including phenoxy) is 2. The number of methoxy groups -OCH3 is 1. The lowest BCUT2D eigenvalue weighted by Crippen LogP contribution is -2.52. The van der Waals surface area contributed by atoms with Gasteiger partial charge in [0, 0.05) is 105 Å². The number of rotatable bonds is 10. The van der Waals surface area contributed by atoms with Crippen LogP contribution >= 0.6 is 11.6 Å². The Balaban J connectivity index is 1.22. The normalized spacial score (nSPS) is 15.9. The van der Waals surface area contributed by atoms with Gasteiger partial charge in [-0.25, -0.2) is 4.98 Å². The fraction of sp³-hybridized carbons (Fsp3) is 0.295. The van der Waals surface area contributed by atoms with Crippen LogP contribution in [0.1, 0.15) is 37.5 Å². The van der Waals surface area contributed by atoms with Gasteiger partial charge in [0.1, 0.15) is 11.4 Å². The molecule has 0 radical (unpaired) electrons. The van der Waals surface area contributed by atoms with E-state index in [9.17, 15) is 9.90 Å². The van der Waals surface area contributed by atoms with Crippen molar-refractivity contribution in [1.29, 1.82) is 0 Å². The lowest BCUT2D eigenvalue weighted by atomic mass is 9.92. The molecule has 11 nitrogen and oxygen atoms in total. The number of aromatic hydroxyl groups is 1. The summed E-state index contributed by atoms with van der Waals surface area (Å²) in [7, 11) is 5.47. The number of nitrogens with zero attached hydrogens (tertiary/aromatic N) is 6. The first-order valence-corrected chi connectivity index (χ1v) is 19.3. The molecule has 1 fully saturated rings. The van der Waals surface area contributed by atoms with Crippen LogP contribution in [0.3, 0.4) is 0 Å². The Hall–Kier alpha value is -5.46. The van der Waals surface area contributed by atoms with E-state index in [0.717, 1.165) is 48.3 Å². The van der Waals surface area contributed by atoms with E-state index < -0.39 is 0 Å². The molecule has 3 aromatic carbocycles. The van der Waals surface area contributed by atoms with Crippen LogP contribution in [0.5, 0.6) is 5.75 Å². The van der Waals surface area contributed by atoms with Crippen LogP contribution < -0.4 is 4.90 Å². The maximum Gasteiger partial charge on any atom is 0.264 e. The summed E-state index contributed by atoms with van der Waals surface area (Å²) in [6, 6.07) is 26.0. The van der Waals surface area contributed by atoms with Crippen LogP contribution in [0.25, 0.3) is 22.3 Å². The van der Waals surface area contributed by atoms with Crippen molar-refractivity contribution in [2.75, 3.05) is 51.5 Å². The minimum absolute atomic E-state index is 0.0451. The molecule has 56 heavy (non-hydrogen) atoms. The third-order valence-electron chi connectivity index (χ3n) is 11.1. The molecule has 0 bridgehead atoms. The second-order valence-electron chi connectivity index (χ2n) is 14.5. The SMILES string of the molecule is COCCc1c(C(=O)N(c2ccc(O)cc2)c2cnc3c(ccn3C)c2)cc(-c2cc(Cl)ccc2C(=O)N2Cc3ccccc3C[C@H]2CN2CCOCC2)n1C. The summed E-state index contributed by atoms with van der Waals surface area (Å²) in [6.45, 7) is 4.61. The molecular formula is C44H45ClN6O5. The van der Waals surface area contributed by atoms with Gasteiger partial charge in [-0.3, -0.25) is 19.4 Å². The van der Waals surface area contributed by atoms with Gasteiger partial charge in [-0.2, -0.15) is 0 Å². The smallest absolute Gasteiger partial charge is 0.264 e. The zero-order valence-corrected chi connectivity index (χ0v) is 32.6. The van der Waals surface area contributed by atoms with Gasteiger partial charge >= 0.3 is 0 Å². The minimum Gasteiger partial charge on any atom is -0.508 e. The van der Waals surface area contributed by atoms with E-state index in [2.05, 4.69) is 23.1 Å². The first-order valence-electron chi connectivity index (χ1n) is 18.9. The quantitative estimate of drug-likeness (QED) is 0.160. The van der Waals surface area contributed by atoms with Crippen molar-refractivity contribution >= 4 is 45.8 Å². The van der Waals surface area contributed by atoms with Gasteiger partial charge in [0.05, 0.1) is 37.3 Å². The summed E-state index contributed by atoms with van der Waals surface area (Å²) in [5.74, 6) is -0.304. The molecule has 2 amide bonds. The van der Waals surface area contributed by atoms with E-state index in [1.165, 1.54) is 5.56 Å². The molecule has 1 atom stereocenters. The summed E-state index contributed by atoms with van der Waals surface area (Å²) in [5.41, 5.74) is 7.31. The van der Waals surface area contributed by atoms with Crippen molar-refractivity contribution in [1.82, 2.24) is 23.9 Å². The van der Waals surface area contributed by atoms with Gasteiger partial charge in [-0.15, -0.1) is 0 Å². The molecule has 3 aromatic heterocycles. The van der Waals surface area contributed by atoms with E-state index in [0.29, 0.717) is 71.6 Å². The monoisotopic (exact) mass is 772 g/mol. The number of amides is 2. The molecule has 8 rings (SSSR count). The lowest BCUT2D eigenvalue weighted by Gasteiger charge is -2.40. The highest BCUT2D eigenvalue weighted by atomic mass is 35.5. The number of aromatic nitrogens is 3. The Morgan fingerprint density at radius 3 is 2.48 bits per heavy atom. The van der Waals surface area contributed by atoms with Crippen molar-refractivity contribution in [3.05, 3.63) is 130 Å². The molecule has 1 saturated heterocycles. The summed E-state index contributed by atoms with van der Waals surface area (Å²) in [4.78, 5) is 40.8. The molecule has 0 unspecified atom stereocenters. The van der Waals surface area contributed by atoms with Crippen molar-refractivity contribution in [2.45, 2.75) is 25.4 Å². The number of carbonyl (C=O) groups is 2. The number of halogens is 1. The van der Waals surface area contributed by atoms with Crippen LogP contribution in [0.2, 0.25) is 5.02 Å². The average Bonchev–Trinajstić information content (AvgIpc) is 3.75. The Labute approximate surface area is 331 Å². The number of benzene rings is 3. The molecule has 2 aliphatic heterocycles. The van der Waals surface area contributed by atoms with Crippen LogP contribution in [0.15, 0.2) is 97.3 Å². The largest absolute Gasteiger partial charge is 0.508 e. The molecule has 12 heteroatoms. The summed E-state index contributed by atoms with van der Waals surface area (Å²) < 4.78 is 15.1. The van der Waals surface area contributed by atoms with Crippen molar-refractivity contribution in [3.63, 3.8) is 0 Å². The number of fused-ring (bicyclic) bond motifs is 2. The molecule has 2 aliphatic rings. The Morgan fingerprint density at radius 2 is 1.71 bits per heavy atom. The van der Waals surface area contributed by atoms with Crippen LogP contribution in [0.4, 0.5) is 11.4 Å². The average molecular weight is 773 g/mol. The van der Waals surface area contributed by atoms with E-state index in [-0.39, 0.29) is 23.6 Å². The molecule has 5 heterocycles. The number of morpholine rings is 1. The summed E-state index contributed by atoms with van der Waals surface area (Å²) >= 11 is 6.72. The number of carbonyl (C=O) groups excluding carboxylic acids is 2. The molecule has 6 aromatic rings. The molecule has 288 valence electrons. The van der Waals surface area contributed by atoms with Crippen LogP contribution in [-0.4, -0.2) is 93.4 Å². The third-order valence-corrected chi connectivity index (χ3v) is 11.3. The second kappa shape index (κ2) is 16.0. The Kier molecular flexibility index (Phi) is 10.7. The molecule has 0 spiro atoms. The fourth-order valence-corrected chi connectivity index (χ4v) is 8.27. The zero-order chi connectivity index (χ0) is 38.9. The zero-order valence-electron chi connectivity index (χ0n) is 31.8. The Morgan fingerprint density at radius 1 is 0.946 bits per heavy atom. The molecular weight excluding hydrogens is 728 g/mol. The van der Waals surface area contributed by atoms with Gasteiger partial charge in [0.25, 0.3) is 11.8 Å². The van der Waals surface area contributed by atoms with Gasteiger partial charge in [0.15, 0.2) is 0 Å². The van der Waals surface area contributed by atoms with Gasteiger partial charge in [0.2, 0.25) is 0 Å². The fourth-order valence-electron chi connectivity index (χ4n) is 8.10. The van der Waals surface area contributed by atoms with E-state index >= 15 is 4.79 Å². The Bertz CT molecular complexity index is 2400. The predicted molar refractivity (Wildman–Crippen MR) is 218 cm³/mol. The van der Waals surface area contributed by atoms with Gasteiger partial charge in [-0.1, -0.05) is 35.9 Å².